The molecule has 22 heavy (non-hydrogen) atoms. The van der Waals surface area contributed by atoms with E-state index in [1.807, 2.05) is 12.3 Å². The Kier molecular flexibility index (Phi) is 4.77. The molecule has 1 amide bonds. The number of aromatic amines is 1. The molecular formula is C16H20N4OS. The fraction of sp³-hybridized carbons (Fsp3) is 0.438. The Bertz CT molecular complexity index is 668. The predicted molar refractivity (Wildman–Crippen MR) is 87.3 cm³/mol. The van der Waals surface area contributed by atoms with Crippen molar-refractivity contribution in [3.05, 3.63) is 40.8 Å². The summed E-state index contributed by atoms with van der Waals surface area (Å²) in [5, 5.41) is 11.3. The molecule has 0 radical (unpaired) electrons. The van der Waals surface area contributed by atoms with Crippen molar-refractivity contribution in [2.45, 2.75) is 37.1 Å². The van der Waals surface area contributed by atoms with Gasteiger partial charge in [0, 0.05) is 24.9 Å². The van der Waals surface area contributed by atoms with E-state index in [4.69, 9.17) is 0 Å². The van der Waals surface area contributed by atoms with Crippen molar-refractivity contribution in [2.24, 2.45) is 0 Å². The molecular weight excluding hydrogens is 296 g/mol. The Morgan fingerprint density at radius 1 is 1.41 bits per heavy atom. The molecule has 0 bridgehead atoms. The summed E-state index contributed by atoms with van der Waals surface area (Å²) in [7, 11) is 0. The minimum atomic E-state index is -0.0677. The highest BCUT2D eigenvalue weighted by Gasteiger charge is 2.17. The van der Waals surface area contributed by atoms with Gasteiger partial charge < -0.3 is 5.32 Å². The molecule has 1 aliphatic rings. The van der Waals surface area contributed by atoms with E-state index in [1.54, 1.807) is 12.3 Å². The third-order valence-corrected chi connectivity index (χ3v) is 4.71. The lowest BCUT2D eigenvalue weighted by molar-refractivity contribution is 0.0950. The number of rotatable bonds is 5. The molecule has 1 aliphatic carbocycles. The van der Waals surface area contributed by atoms with E-state index in [-0.39, 0.29) is 5.91 Å². The molecule has 0 saturated carbocycles. The van der Waals surface area contributed by atoms with Crippen LogP contribution in [0.25, 0.3) is 0 Å². The van der Waals surface area contributed by atoms with Gasteiger partial charge in [-0.2, -0.15) is 5.10 Å². The number of H-pyrrole nitrogens is 1. The molecule has 0 saturated heterocycles. The van der Waals surface area contributed by atoms with E-state index in [9.17, 15) is 4.79 Å². The van der Waals surface area contributed by atoms with Gasteiger partial charge in [0.25, 0.3) is 5.91 Å². The van der Waals surface area contributed by atoms with Crippen molar-refractivity contribution < 1.29 is 4.79 Å². The van der Waals surface area contributed by atoms with Crippen LogP contribution in [0.5, 0.6) is 0 Å². The second-order valence-corrected chi connectivity index (χ2v) is 6.20. The number of fused-ring (bicyclic) bond motifs is 1. The van der Waals surface area contributed by atoms with Crippen molar-refractivity contribution in [3.63, 3.8) is 0 Å². The van der Waals surface area contributed by atoms with Gasteiger partial charge in [-0.05, 0) is 49.6 Å². The van der Waals surface area contributed by atoms with E-state index in [0.717, 1.165) is 30.0 Å². The zero-order chi connectivity index (χ0) is 15.4. The first kappa shape index (κ1) is 15.1. The van der Waals surface area contributed by atoms with Crippen molar-refractivity contribution >= 4 is 17.7 Å². The van der Waals surface area contributed by atoms with Crippen LogP contribution in [0.3, 0.4) is 0 Å². The van der Waals surface area contributed by atoms with Gasteiger partial charge in [-0.1, -0.05) is 0 Å². The molecule has 116 valence electrons. The Hall–Kier alpha value is -1.82. The molecule has 0 atom stereocenters. The van der Waals surface area contributed by atoms with Crippen molar-refractivity contribution in [3.8, 4) is 0 Å². The number of thioether (sulfide) groups is 1. The third kappa shape index (κ3) is 3.16. The highest BCUT2D eigenvalue weighted by atomic mass is 32.2. The van der Waals surface area contributed by atoms with Crippen LogP contribution >= 0.6 is 11.8 Å². The molecule has 0 unspecified atom stereocenters. The molecule has 0 fully saturated rings. The molecule has 5 nitrogen and oxygen atoms in total. The third-order valence-electron chi connectivity index (χ3n) is 4.00. The number of hydrogen-bond acceptors (Lipinski definition) is 4. The molecule has 0 aromatic carbocycles. The Labute approximate surface area is 134 Å². The van der Waals surface area contributed by atoms with E-state index in [1.165, 1.54) is 35.9 Å². The second kappa shape index (κ2) is 6.96. The van der Waals surface area contributed by atoms with Gasteiger partial charge in [0.05, 0.1) is 11.3 Å². The number of aryl methyl sites for hydroxylation is 1. The number of amides is 1. The molecule has 0 spiro atoms. The smallest absolute Gasteiger partial charge is 0.254 e. The second-order valence-electron chi connectivity index (χ2n) is 5.40. The Morgan fingerprint density at radius 3 is 3.14 bits per heavy atom. The first-order valence-electron chi connectivity index (χ1n) is 7.62. The van der Waals surface area contributed by atoms with Crippen LogP contribution in [0, 0.1) is 0 Å². The number of nitrogens with zero attached hydrogens (tertiary/aromatic N) is 2. The van der Waals surface area contributed by atoms with Crippen molar-refractivity contribution in [1.29, 1.82) is 0 Å². The van der Waals surface area contributed by atoms with E-state index < -0.39 is 0 Å². The Morgan fingerprint density at radius 2 is 2.27 bits per heavy atom. The zero-order valence-electron chi connectivity index (χ0n) is 12.7. The highest BCUT2D eigenvalue weighted by Crippen LogP contribution is 2.22. The summed E-state index contributed by atoms with van der Waals surface area (Å²) in [6, 6.07) is 3.60. The van der Waals surface area contributed by atoms with Gasteiger partial charge in [0.15, 0.2) is 0 Å². The minimum Gasteiger partial charge on any atom is -0.352 e. The summed E-state index contributed by atoms with van der Waals surface area (Å²) in [4.78, 5) is 16.5. The van der Waals surface area contributed by atoms with Crippen LogP contribution < -0.4 is 5.32 Å². The van der Waals surface area contributed by atoms with Crippen LogP contribution in [-0.4, -0.2) is 33.9 Å². The first-order chi connectivity index (χ1) is 10.8. The predicted octanol–water partition coefficient (Wildman–Crippen LogP) is 2.38. The van der Waals surface area contributed by atoms with Gasteiger partial charge >= 0.3 is 0 Å². The van der Waals surface area contributed by atoms with Crippen molar-refractivity contribution in [2.75, 3.05) is 12.8 Å². The summed E-state index contributed by atoms with van der Waals surface area (Å²) in [5.74, 6) is -0.0677. The molecule has 3 rings (SSSR count). The lowest BCUT2D eigenvalue weighted by atomic mass is 9.95. The van der Waals surface area contributed by atoms with Gasteiger partial charge in [-0.15, -0.1) is 11.8 Å². The molecule has 2 N–H and O–H groups in total. The average molecular weight is 316 g/mol. The summed E-state index contributed by atoms with van der Waals surface area (Å²) in [6.07, 6.45) is 9.08. The number of carbonyl (C=O) groups excluding carboxylic acids is 1. The summed E-state index contributed by atoms with van der Waals surface area (Å²) < 4.78 is 0. The van der Waals surface area contributed by atoms with Crippen LogP contribution in [-0.2, 0) is 19.3 Å². The fourth-order valence-electron chi connectivity index (χ4n) is 2.87. The molecule has 2 aromatic heterocycles. The molecule has 2 heterocycles. The standard InChI is InChI=1S/C16H20N4OS/c1-22-16-12(6-4-9-18-16)15(21)17-10-8-14-11-5-2-3-7-13(11)19-20-14/h4,6,9H,2-3,5,7-8,10H2,1H3,(H,17,21)(H,19,20). The maximum absolute atomic E-state index is 12.2. The summed E-state index contributed by atoms with van der Waals surface area (Å²) in [5.41, 5.74) is 4.39. The average Bonchev–Trinajstić information content (AvgIpc) is 2.98. The van der Waals surface area contributed by atoms with Gasteiger partial charge in [0.1, 0.15) is 5.03 Å². The number of hydrogen-bond donors (Lipinski definition) is 2. The Balaban J connectivity index is 1.59. The van der Waals surface area contributed by atoms with Crippen LogP contribution in [0.4, 0.5) is 0 Å². The zero-order valence-corrected chi connectivity index (χ0v) is 13.5. The topological polar surface area (TPSA) is 70.7 Å². The maximum Gasteiger partial charge on any atom is 0.254 e. The van der Waals surface area contributed by atoms with Crippen LogP contribution in [0.2, 0.25) is 0 Å². The van der Waals surface area contributed by atoms with Crippen LogP contribution in [0.15, 0.2) is 23.4 Å². The number of aromatic nitrogens is 3. The lowest BCUT2D eigenvalue weighted by Gasteiger charge is -2.11. The van der Waals surface area contributed by atoms with E-state index >= 15 is 0 Å². The largest absolute Gasteiger partial charge is 0.352 e. The fourth-order valence-corrected chi connectivity index (χ4v) is 3.42. The minimum absolute atomic E-state index is 0.0677. The quantitative estimate of drug-likeness (QED) is 0.831. The highest BCUT2D eigenvalue weighted by molar-refractivity contribution is 7.98. The summed E-state index contributed by atoms with van der Waals surface area (Å²) >= 11 is 1.48. The molecule has 6 heteroatoms. The molecule has 0 aliphatic heterocycles. The van der Waals surface area contributed by atoms with Crippen molar-refractivity contribution in [1.82, 2.24) is 20.5 Å². The number of pyridine rings is 1. The normalized spacial score (nSPS) is 13.7. The van der Waals surface area contributed by atoms with Gasteiger partial charge in [0.2, 0.25) is 0 Å². The van der Waals surface area contributed by atoms with Gasteiger partial charge in [-0.3, -0.25) is 9.89 Å². The monoisotopic (exact) mass is 316 g/mol. The van der Waals surface area contributed by atoms with Crippen LogP contribution in [0.1, 0.15) is 40.2 Å². The first-order valence-corrected chi connectivity index (χ1v) is 8.84. The van der Waals surface area contributed by atoms with E-state index in [2.05, 4.69) is 20.5 Å². The molecule has 2 aromatic rings. The van der Waals surface area contributed by atoms with E-state index in [0.29, 0.717) is 12.1 Å². The van der Waals surface area contributed by atoms with Gasteiger partial charge in [-0.25, -0.2) is 4.98 Å². The maximum atomic E-state index is 12.2. The number of carbonyl (C=O) groups is 1. The summed E-state index contributed by atoms with van der Waals surface area (Å²) in [6.45, 7) is 0.596. The number of nitrogens with one attached hydrogen (secondary N) is 2. The lowest BCUT2D eigenvalue weighted by Crippen LogP contribution is -2.26. The SMILES string of the molecule is CSc1ncccc1C(=O)NCCc1n[nH]c2c1CCCC2.